The van der Waals surface area contributed by atoms with E-state index in [1.807, 2.05) is 0 Å². The van der Waals surface area contributed by atoms with Crippen molar-refractivity contribution in [2.75, 3.05) is 6.54 Å². The molecule has 96 valence electrons. The maximum Gasteiger partial charge on any atom is 0.0976 e. The van der Waals surface area contributed by atoms with Crippen LogP contribution in [0.4, 0.5) is 0 Å². The molecule has 3 heteroatoms. The molecule has 0 bridgehead atoms. The van der Waals surface area contributed by atoms with Crippen LogP contribution in [0, 0.1) is 13.8 Å². The maximum absolute atomic E-state index is 5.78. The van der Waals surface area contributed by atoms with Crippen LogP contribution in [0.3, 0.4) is 0 Å². The minimum atomic E-state index is 0.398. The van der Waals surface area contributed by atoms with E-state index in [-0.39, 0.29) is 0 Å². The molecular weight excluding hydrogens is 240 g/mol. The van der Waals surface area contributed by atoms with Gasteiger partial charge in [-0.3, -0.25) is 0 Å². The van der Waals surface area contributed by atoms with Gasteiger partial charge in [0.1, 0.15) is 0 Å². The zero-order valence-corrected chi connectivity index (χ0v) is 12.1. The number of nitrogens with zero attached hydrogens (tertiary/aromatic N) is 1. The number of nitrogens with two attached hydrogens (primary N) is 1. The molecule has 0 saturated carbocycles. The van der Waals surface area contributed by atoms with Crippen LogP contribution in [0.15, 0.2) is 23.6 Å². The monoisotopic (exact) mass is 260 g/mol. The van der Waals surface area contributed by atoms with E-state index >= 15 is 0 Å². The maximum atomic E-state index is 5.78. The summed E-state index contributed by atoms with van der Waals surface area (Å²) in [5, 5.41) is 3.31. The van der Waals surface area contributed by atoms with E-state index in [9.17, 15) is 0 Å². The Kier molecular flexibility index (Phi) is 4.15. The molecule has 0 amide bonds. The summed E-state index contributed by atoms with van der Waals surface area (Å²) in [5.41, 5.74) is 10.7. The molecule has 2 aromatic rings. The summed E-state index contributed by atoms with van der Waals surface area (Å²) < 4.78 is 0. The fourth-order valence-electron chi connectivity index (χ4n) is 2.14. The Morgan fingerprint density at radius 2 is 2.11 bits per heavy atom. The van der Waals surface area contributed by atoms with Gasteiger partial charge in [0.05, 0.1) is 10.7 Å². The van der Waals surface area contributed by atoms with Crippen molar-refractivity contribution in [3.05, 3.63) is 39.7 Å². The van der Waals surface area contributed by atoms with Crippen LogP contribution in [-0.2, 0) is 0 Å². The summed E-state index contributed by atoms with van der Waals surface area (Å²) in [6.45, 7) is 7.10. The lowest BCUT2D eigenvalue weighted by Gasteiger charge is -2.07. The number of aryl methyl sites for hydroxylation is 2. The number of benzene rings is 1. The molecule has 0 fully saturated rings. The van der Waals surface area contributed by atoms with Gasteiger partial charge in [0.2, 0.25) is 0 Å². The lowest BCUT2D eigenvalue weighted by molar-refractivity contribution is 0.670. The Morgan fingerprint density at radius 3 is 2.72 bits per heavy atom. The molecule has 2 N–H and O–H groups in total. The van der Waals surface area contributed by atoms with Crippen LogP contribution in [-0.4, -0.2) is 11.5 Å². The Balaban J connectivity index is 2.34. The van der Waals surface area contributed by atoms with Gasteiger partial charge in [-0.15, -0.1) is 11.3 Å². The van der Waals surface area contributed by atoms with Crippen LogP contribution < -0.4 is 5.73 Å². The van der Waals surface area contributed by atoms with Crippen molar-refractivity contribution < 1.29 is 0 Å². The van der Waals surface area contributed by atoms with Gasteiger partial charge in [0.15, 0.2) is 0 Å². The molecule has 0 aliphatic carbocycles. The third kappa shape index (κ3) is 2.62. The summed E-state index contributed by atoms with van der Waals surface area (Å²) >= 11 is 1.72. The van der Waals surface area contributed by atoms with Crippen molar-refractivity contribution >= 4 is 11.3 Å². The molecule has 0 spiro atoms. The van der Waals surface area contributed by atoms with Crippen LogP contribution in [0.2, 0.25) is 0 Å². The first-order valence-electron chi connectivity index (χ1n) is 6.38. The van der Waals surface area contributed by atoms with Gasteiger partial charge in [-0.25, -0.2) is 4.98 Å². The lowest BCUT2D eigenvalue weighted by atomic mass is 10.0. The van der Waals surface area contributed by atoms with Crippen molar-refractivity contribution in [1.29, 1.82) is 0 Å². The SMILES string of the molecule is CCC(CN)c1nc(-c2ccc(C)cc2C)cs1. The van der Waals surface area contributed by atoms with E-state index in [0.717, 1.165) is 17.1 Å². The standard InChI is InChI=1S/C15H20N2S/c1-4-12(8-16)15-17-14(9-18-15)13-6-5-10(2)7-11(13)3/h5-7,9,12H,4,8,16H2,1-3H3. The molecule has 0 saturated heterocycles. The predicted molar refractivity (Wildman–Crippen MR) is 79.1 cm³/mol. The van der Waals surface area contributed by atoms with E-state index in [0.29, 0.717) is 12.5 Å². The quantitative estimate of drug-likeness (QED) is 0.906. The lowest BCUT2D eigenvalue weighted by Crippen LogP contribution is -2.11. The highest BCUT2D eigenvalue weighted by Crippen LogP contribution is 2.29. The first-order valence-corrected chi connectivity index (χ1v) is 7.26. The van der Waals surface area contributed by atoms with Gasteiger partial charge in [0, 0.05) is 23.4 Å². The van der Waals surface area contributed by atoms with E-state index in [1.165, 1.54) is 16.7 Å². The fraction of sp³-hybridized carbons (Fsp3) is 0.400. The van der Waals surface area contributed by atoms with E-state index in [4.69, 9.17) is 10.7 Å². The normalized spacial score (nSPS) is 12.7. The highest BCUT2D eigenvalue weighted by atomic mass is 32.1. The summed E-state index contributed by atoms with van der Waals surface area (Å²) in [6.07, 6.45) is 1.05. The van der Waals surface area contributed by atoms with Crippen LogP contribution in [0.25, 0.3) is 11.3 Å². The second-order valence-corrected chi connectivity index (χ2v) is 5.62. The van der Waals surface area contributed by atoms with Crippen molar-refractivity contribution in [2.45, 2.75) is 33.1 Å². The Morgan fingerprint density at radius 1 is 1.33 bits per heavy atom. The number of hydrogen-bond donors (Lipinski definition) is 1. The Labute approximate surface area is 113 Å². The zero-order valence-electron chi connectivity index (χ0n) is 11.2. The van der Waals surface area contributed by atoms with E-state index in [2.05, 4.69) is 44.4 Å². The van der Waals surface area contributed by atoms with Crippen molar-refractivity contribution in [3.63, 3.8) is 0 Å². The summed E-state index contributed by atoms with van der Waals surface area (Å²) in [6, 6.07) is 6.50. The highest BCUT2D eigenvalue weighted by molar-refractivity contribution is 7.10. The highest BCUT2D eigenvalue weighted by Gasteiger charge is 2.13. The average molecular weight is 260 g/mol. The topological polar surface area (TPSA) is 38.9 Å². The molecule has 2 nitrogen and oxygen atoms in total. The molecule has 1 aromatic heterocycles. The first-order chi connectivity index (χ1) is 8.65. The number of hydrogen-bond acceptors (Lipinski definition) is 3. The number of aromatic nitrogens is 1. The van der Waals surface area contributed by atoms with Gasteiger partial charge in [-0.1, -0.05) is 30.7 Å². The van der Waals surface area contributed by atoms with Gasteiger partial charge >= 0.3 is 0 Å². The molecule has 1 unspecified atom stereocenters. The zero-order chi connectivity index (χ0) is 13.1. The van der Waals surface area contributed by atoms with E-state index < -0.39 is 0 Å². The summed E-state index contributed by atoms with van der Waals surface area (Å²) in [4.78, 5) is 4.75. The van der Waals surface area contributed by atoms with Crippen molar-refractivity contribution in [3.8, 4) is 11.3 Å². The molecule has 1 aromatic carbocycles. The molecule has 1 heterocycles. The Bertz CT molecular complexity index is 527. The molecular formula is C15H20N2S. The molecule has 2 rings (SSSR count). The summed E-state index contributed by atoms with van der Waals surface area (Å²) in [5.74, 6) is 0.398. The van der Waals surface area contributed by atoms with Crippen LogP contribution in [0.1, 0.15) is 35.4 Å². The fourth-order valence-corrected chi connectivity index (χ4v) is 3.16. The molecule has 0 aliphatic heterocycles. The number of thiazole rings is 1. The van der Waals surface area contributed by atoms with Gasteiger partial charge in [0.25, 0.3) is 0 Å². The smallest absolute Gasteiger partial charge is 0.0976 e. The van der Waals surface area contributed by atoms with Gasteiger partial charge in [-0.2, -0.15) is 0 Å². The molecule has 0 radical (unpaired) electrons. The minimum Gasteiger partial charge on any atom is -0.330 e. The third-order valence-electron chi connectivity index (χ3n) is 3.31. The largest absolute Gasteiger partial charge is 0.330 e. The van der Waals surface area contributed by atoms with Crippen molar-refractivity contribution in [2.24, 2.45) is 5.73 Å². The second kappa shape index (κ2) is 5.63. The van der Waals surface area contributed by atoms with Gasteiger partial charge in [-0.05, 0) is 25.8 Å². The molecule has 1 atom stereocenters. The van der Waals surface area contributed by atoms with Crippen molar-refractivity contribution in [1.82, 2.24) is 4.98 Å². The predicted octanol–water partition coefficient (Wildman–Crippen LogP) is 3.88. The van der Waals surface area contributed by atoms with E-state index in [1.54, 1.807) is 11.3 Å². The molecule has 0 aliphatic rings. The summed E-state index contributed by atoms with van der Waals surface area (Å²) in [7, 11) is 0. The number of rotatable bonds is 4. The second-order valence-electron chi connectivity index (χ2n) is 4.73. The Hall–Kier alpha value is -1.19. The minimum absolute atomic E-state index is 0.398. The average Bonchev–Trinajstić information content (AvgIpc) is 2.80. The van der Waals surface area contributed by atoms with Crippen LogP contribution in [0.5, 0.6) is 0 Å². The van der Waals surface area contributed by atoms with Crippen LogP contribution >= 0.6 is 11.3 Å². The molecule has 18 heavy (non-hydrogen) atoms. The third-order valence-corrected chi connectivity index (χ3v) is 4.31. The van der Waals surface area contributed by atoms with Gasteiger partial charge < -0.3 is 5.73 Å². The first kappa shape index (κ1) is 13.2.